The molecule has 0 spiro atoms. The van der Waals surface area contributed by atoms with Gasteiger partial charge in [-0.2, -0.15) is 0 Å². The topological polar surface area (TPSA) is 106 Å². The van der Waals surface area contributed by atoms with Crippen molar-refractivity contribution in [3.05, 3.63) is 29.6 Å². The summed E-state index contributed by atoms with van der Waals surface area (Å²) in [6.45, 7) is 2.12. The molecule has 7 heteroatoms. The number of hydrogen-bond acceptors (Lipinski definition) is 4. The first kappa shape index (κ1) is 17.5. The van der Waals surface area contributed by atoms with Gasteiger partial charge in [-0.15, -0.1) is 0 Å². The van der Waals surface area contributed by atoms with Gasteiger partial charge in [-0.3, -0.25) is 4.79 Å². The quantitative estimate of drug-likeness (QED) is 0.686. The summed E-state index contributed by atoms with van der Waals surface area (Å²) in [5, 5.41) is 0. The van der Waals surface area contributed by atoms with Crippen molar-refractivity contribution in [3.63, 3.8) is 0 Å². The molecule has 0 unspecified atom stereocenters. The summed E-state index contributed by atoms with van der Waals surface area (Å²) in [6.07, 6.45) is 4.94. The molecule has 0 fully saturated rings. The van der Waals surface area contributed by atoms with Crippen molar-refractivity contribution in [1.82, 2.24) is 9.97 Å². The van der Waals surface area contributed by atoms with E-state index in [-0.39, 0.29) is 11.5 Å². The number of nitrogens with zero attached hydrogens (tertiary/aromatic N) is 1. The van der Waals surface area contributed by atoms with Gasteiger partial charge >= 0.3 is 0 Å². The Kier molecular flexibility index (Phi) is 5.76. The number of carbonyl (C=O) groups excluding carboxylic acids is 1. The van der Waals surface area contributed by atoms with Crippen LogP contribution in [0.5, 0.6) is 0 Å². The van der Waals surface area contributed by atoms with Crippen molar-refractivity contribution in [2.24, 2.45) is 5.73 Å². The lowest BCUT2D eigenvalue weighted by Crippen LogP contribution is -2.11. The zero-order valence-electron chi connectivity index (χ0n) is 13.3. The van der Waals surface area contributed by atoms with Gasteiger partial charge in [0, 0.05) is 0 Å². The lowest BCUT2D eigenvalue weighted by Gasteiger charge is -2.02. The molecule has 6 nitrogen and oxygen atoms in total. The number of nitrogens with one attached hydrogen (secondary N) is 1. The van der Waals surface area contributed by atoms with Crippen LogP contribution in [0.2, 0.25) is 0 Å². The summed E-state index contributed by atoms with van der Waals surface area (Å²) >= 11 is 0. The van der Waals surface area contributed by atoms with Crippen LogP contribution in [0.25, 0.3) is 11.0 Å². The second-order valence-electron chi connectivity index (χ2n) is 5.76. The van der Waals surface area contributed by atoms with Crippen molar-refractivity contribution in [1.29, 1.82) is 0 Å². The van der Waals surface area contributed by atoms with Gasteiger partial charge in [0.1, 0.15) is 17.1 Å². The van der Waals surface area contributed by atoms with Crippen LogP contribution in [0.3, 0.4) is 0 Å². The number of amides is 1. The third-order valence-electron chi connectivity index (χ3n) is 3.74. The fourth-order valence-electron chi connectivity index (χ4n) is 2.56. The Hall–Kier alpha value is -1.89. The van der Waals surface area contributed by atoms with E-state index in [1.54, 1.807) is 18.2 Å². The molecule has 23 heavy (non-hydrogen) atoms. The van der Waals surface area contributed by atoms with E-state index in [4.69, 9.17) is 5.73 Å². The van der Waals surface area contributed by atoms with Gasteiger partial charge in [0.05, 0.1) is 16.8 Å². The first-order valence-corrected chi connectivity index (χ1v) is 9.73. The molecular weight excluding hydrogens is 314 g/mol. The Balaban J connectivity index is 2.06. The highest BCUT2D eigenvalue weighted by Gasteiger charge is 2.17. The molecule has 1 aromatic carbocycles. The summed E-state index contributed by atoms with van der Waals surface area (Å²) in [5.74, 6) is -0.209. The van der Waals surface area contributed by atoms with E-state index < -0.39 is 15.7 Å². The second kappa shape index (κ2) is 7.59. The molecule has 1 aromatic heterocycles. The van der Waals surface area contributed by atoms with Crippen molar-refractivity contribution in [2.75, 3.05) is 5.75 Å². The van der Waals surface area contributed by atoms with Crippen LogP contribution in [-0.4, -0.2) is 30.0 Å². The number of para-hydroxylation sites is 1. The Morgan fingerprint density at radius 1 is 1.22 bits per heavy atom. The van der Waals surface area contributed by atoms with E-state index in [1.165, 1.54) is 0 Å². The maximum absolute atomic E-state index is 12.2. The molecule has 2 rings (SSSR count). The number of carbonyl (C=O) groups is 1. The predicted octanol–water partition coefficient (Wildman–Crippen LogP) is 2.55. The van der Waals surface area contributed by atoms with Crippen LogP contribution >= 0.6 is 0 Å². The molecule has 1 heterocycles. The van der Waals surface area contributed by atoms with E-state index in [0.717, 1.165) is 25.7 Å². The molecule has 1 amide bonds. The van der Waals surface area contributed by atoms with Crippen LogP contribution in [-0.2, 0) is 15.6 Å². The van der Waals surface area contributed by atoms with E-state index in [1.807, 2.05) is 0 Å². The smallest absolute Gasteiger partial charge is 0.250 e. The molecule has 0 radical (unpaired) electrons. The van der Waals surface area contributed by atoms with E-state index >= 15 is 0 Å². The van der Waals surface area contributed by atoms with Gasteiger partial charge in [0.25, 0.3) is 5.91 Å². The largest absolute Gasteiger partial charge is 0.366 e. The van der Waals surface area contributed by atoms with Crippen molar-refractivity contribution in [2.45, 2.75) is 44.8 Å². The van der Waals surface area contributed by atoms with Gasteiger partial charge in [0.2, 0.25) is 0 Å². The average molecular weight is 337 g/mol. The Morgan fingerprint density at radius 3 is 2.65 bits per heavy atom. The highest BCUT2D eigenvalue weighted by molar-refractivity contribution is 7.90. The number of benzene rings is 1. The maximum Gasteiger partial charge on any atom is 0.250 e. The van der Waals surface area contributed by atoms with Crippen LogP contribution in [0.15, 0.2) is 18.2 Å². The molecule has 2 aromatic rings. The van der Waals surface area contributed by atoms with Gasteiger partial charge in [-0.05, 0) is 18.6 Å². The predicted molar refractivity (Wildman–Crippen MR) is 90.9 cm³/mol. The molecule has 126 valence electrons. The lowest BCUT2D eigenvalue weighted by molar-refractivity contribution is 0.100. The summed E-state index contributed by atoms with van der Waals surface area (Å²) in [6, 6.07) is 5.01. The fourth-order valence-corrected chi connectivity index (χ4v) is 3.90. The average Bonchev–Trinajstić information content (AvgIpc) is 2.87. The molecular formula is C16H23N3O3S. The lowest BCUT2D eigenvalue weighted by atomic mass is 10.2. The summed E-state index contributed by atoms with van der Waals surface area (Å²) in [4.78, 5) is 18.6. The van der Waals surface area contributed by atoms with Crippen molar-refractivity contribution < 1.29 is 13.2 Å². The number of fused-ring (bicyclic) bond motifs is 1. The van der Waals surface area contributed by atoms with Crippen molar-refractivity contribution >= 4 is 26.8 Å². The van der Waals surface area contributed by atoms with E-state index in [2.05, 4.69) is 16.9 Å². The molecule has 0 saturated heterocycles. The highest BCUT2D eigenvalue weighted by atomic mass is 32.2. The van der Waals surface area contributed by atoms with Crippen LogP contribution < -0.4 is 5.73 Å². The number of primary amides is 1. The number of hydrogen-bond donors (Lipinski definition) is 2. The normalized spacial score (nSPS) is 11.9. The standard InChI is InChI=1S/C16H23N3O3S/c1-2-3-4-5-6-10-23(21,22)11-14-18-13-9-7-8-12(16(17)20)15(13)19-14/h7-9H,2-6,10-11H2,1H3,(H2,17,20)(H,18,19). The van der Waals surface area contributed by atoms with Crippen LogP contribution in [0.1, 0.15) is 55.2 Å². The maximum atomic E-state index is 12.2. The van der Waals surface area contributed by atoms with Gasteiger partial charge in [-0.25, -0.2) is 13.4 Å². The first-order chi connectivity index (χ1) is 10.9. The summed E-state index contributed by atoms with van der Waals surface area (Å²) < 4.78 is 24.4. The molecule has 3 N–H and O–H groups in total. The molecule has 0 saturated carbocycles. The second-order valence-corrected chi connectivity index (χ2v) is 7.94. The zero-order valence-corrected chi connectivity index (χ0v) is 14.2. The third kappa shape index (κ3) is 4.79. The molecule has 0 atom stereocenters. The SMILES string of the molecule is CCCCCCCS(=O)(=O)Cc1nc2c(C(N)=O)cccc2[nH]1. The Morgan fingerprint density at radius 2 is 1.96 bits per heavy atom. The van der Waals surface area contributed by atoms with Gasteiger partial charge < -0.3 is 10.7 Å². The monoisotopic (exact) mass is 337 g/mol. The minimum atomic E-state index is -3.21. The molecule has 0 bridgehead atoms. The minimum absolute atomic E-state index is 0.145. The number of rotatable bonds is 9. The number of sulfone groups is 1. The number of H-pyrrole nitrogens is 1. The third-order valence-corrected chi connectivity index (χ3v) is 5.37. The molecule has 0 aliphatic heterocycles. The number of aromatic nitrogens is 2. The minimum Gasteiger partial charge on any atom is -0.366 e. The Labute approximate surface area is 136 Å². The number of aromatic amines is 1. The first-order valence-electron chi connectivity index (χ1n) is 7.91. The van der Waals surface area contributed by atoms with Gasteiger partial charge in [0.15, 0.2) is 9.84 Å². The van der Waals surface area contributed by atoms with Crippen molar-refractivity contribution in [3.8, 4) is 0 Å². The Bertz CT molecular complexity index is 781. The van der Waals surface area contributed by atoms with E-state index in [0.29, 0.717) is 28.8 Å². The number of unbranched alkanes of at least 4 members (excludes halogenated alkanes) is 4. The number of imidazole rings is 1. The van der Waals surface area contributed by atoms with Gasteiger partial charge in [-0.1, -0.05) is 38.7 Å². The zero-order chi connectivity index (χ0) is 16.9. The summed E-state index contributed by atoms with van der Waals surface area (Å²) in [5.41, 5.74) is 6.65. The number of nitrogens with two attached hydrogens (primary N) is 1. The van der Waals surface area contributed by atoms with Crippen LogP contribution in [0, 0.1) is 0 Å². The fraction of sp³-hybridized carbons (Fsp3) is 0.500. The highest BCUT2D eigenvalue weighted by Crippen LogP contribution is 2.18. The molecule has 0 aliphatic carbocycles. The molecule has 0 aliphatic rings. The van der Waals surface area contributed by atoms with E-state index in [9.17, 15) is 13.2 Å². The summed E-state index contributed by atoms with van der Waals surface area (Å²) in [7, 11) is -3.21. The van der Waals surface area contributed by atoms with Crippen LogP contribution in [0.4, 0.5) is 0 Å².